The van der Waals surface area contributed by atoms with Gasteiger partial charge in [0.1, 0.15) is 18.2 Å². The molecule has 9 heteroatoms. The minimum absolute atomic E-state index is 0.0242. The van der Waals surface area contributed by atoms with Gasteiger partial charge in [0.15, 0.2) is 0 Å². The Labute approximate surface area is 181 Å². The highest BCUT2D eigenvalue weighted by Gasteiger charge is 2.43. The average Bonchev–Trinajstić information content (AvgIpc) is 2.59. The number of carboxylic acids is 1. The zero-order valence-electron chi connectivity index (χ0n) is 18.1. The number of likely N-dealkylation sites (N-methyl/N-ethyl adjacent to an activating group) is 1. The third-order valence-electron chi connectivity index (χ3n) is 4.27. The molecule has 0 radical (unpaired) electrons. The van der Waals surface area contributed by atoms with Gasteiger partial charge in [0.05, 0.1) is 10.7 Å². The molecule has 0 aliphatic carbocycles. The molecule has 1 aromatic rings. The van der Waals surface area contributed by atoms with Crippen molar-refractivity contribution in [2.45, 2.75) is 51.7 Å². The Hall–Kier alpha value is -2.74. The monoisotopic (exact) mass is 440 g/mol. The number of rotatable bonds is 7. The Kier molecular flexibility index (Phi) is 8.30. The summed E-state index contributed by atoms with van der Waals surface area (Å²) in [5, 5.41) is 12.6. The van der Waals surface area contributed by atoms with Crippen LogP contribution in [0.3, 0.4) is 0 Å². The molecule has 0 fully saturated rings. The second-order valence-corrected chi connectivity index (χ2v) is 8.67. The minimum Gasteiger partial charge on any atom is -0.480 e. The van der Waals surface area contributed by atoms with Gasteiger partial charge in [-0.1, -0.05) is 44.2 Å². The van der Waals surface area contributed by atoms with Crippen molar-refractivity contribution in [3.63, 3.8) is 0 Å². The van der Waals surface area contributed by atoms with E-state index in [-0.39, 0.29) is 17.3 Å². The van der Waals surface area contributed by atoms with Gasteiger partial charge in [-0.05, 0) is 38.5 Å². The van der Waals surface area contributed by atoms with Crippen molar-refractivity contribution in [3.8, 4) is 0 Å². The topological polar surface area (TPSA) is 105 Å². The van der Waals surface area contributed by atoms with Gasteiger partial charge in [0, 0.05) is 12.5 Å². The van der Waals surface area contributed by atoms with E-state index < -0.39 is 35.2 Å². The van der Waals surface area contributed by atoms with E-state index in [1.54, 1.807) is 46.8 Å². The number of hydrogen-bond acceptors (Lipinski definition) is 5. The van der Waals surface area contributed by atoms with Crippen LogP contribution in [0.5, 0.6) is 0 Å². The first-order valence-electron chi connectivity index (χ1n) is 9.24. The van der Waals surface area contributed by atoms with Gasteiger partial charge in [-0.25, -0.2) is 14.4 Å². The highest BCUT2D eigenvalue weighted by Crippen LogP contribution is 2.35. The summed E-state index contributed by atoms with van der Waals surface area (Å²) in [7, 11) is 1.37. The minimum atomic E-state index is -1.26. The number of carbonyl (C=O) groups is 3. The number of nitrogens with zero attached hydrogens (tertiary/aromatic N) is 1. The molecule has 166 valence electrons. The van der Waals surface area contributed by atoms with Crippen LogP contribution in [0.25, 0.3) is 0 Å². The van der Waals surface area contributed by atoms with E-state index in [2.05, 4.69) is 11.9 Å². The number of carboxylic acid groups (broad SMARTS) is 1. The van der Waals surface area contributed by atoms with Crippen molar-refractivity contribution in [2.75, 3.05) is 19.0 Å². The predicted octanol–water partition coefficient (Wildman–Crippen LogP) is 4.67. The molecule has 2 N–H and O–H groups in total. The van der Waals surface area contributed by atoms with Crippen LogP contribution in [0, 0.1) is 0 Å². The maximum Gasteiger partial charge on any atom is 0.411 e. The lowest BCUT2D eigenvalue weighted by Gasteiger charge is -2.38. The largest absolute Gasteiger partial charge is 0.480 e. The molecule has 0 aliphatic heterocycles. The third kappa shape index (κ3) is 6.66. The van der Waals surface area contributed by atoms with Crippen LogP contribution in [-0.2, 0) is 19.7 Å². The molecule has 0 bridgehead atoms. The number of aliphatic carboxylic acids is 1. The number of carbonyl (C=O) groups excluding carboxylic acids is 2. The summed E-state index contributed by atoms with van der Waals surface area (Å²) >= 11 is 6.16. The first kappa shape index (κ1) is 25.3. The lowest BCUT2D eigenvalue weighted by Crippen LogP contribution is -2.54. The lowest BCUT2D eigenvalue weighted by atomic mass is 9.77. The van der Waals surface area contributed by atoms with Crippen molar-refractivity contribution in [1.82, 2.24) is 4.90 Å². The predicted molar refractivity (Wildman–Crippen MR) is 115 cm³/mol. The first-order valence-corrected chi connectivity index (χ1v) is 9.61. The van der Waals surface area contributed by atoms with E-state index in [9.17, 15) is 19.5 Å². The van der Waals surface area contributed by atoms with Gasteiger partial charge >= 0.3 is 18.2 Å². The molecule has 0 saturated heterocycles. The zero-order valence-corrected chi connectivity index (χ0v) is 18.9. The normalized spacial score (nSPS) is 12.5. The first-order chi connectivity index (χ1) is 13.7. The summed E-state index contributed by atoms with van der Waals surface area (Å²) in [4.78, 5) is 37.5. The quantitative estimate of drug-likeness (QED) is 0.597. The van der Waals surface area contributed by atoms with Gasteiger partial charge in [0.25, 0.3) is 0 Å². The fourth-order valence-electron chi connectivity index (χ4n) is 2.86. The van der Waals surface area contributed by atoms with Crippen molar-refractivity contribution in [2.24, 2.45) is 0 Å². The van der Waals surface area contributed by atoms with E-state index in [1.165, 1.54) is 19.2 Å². The summed E-state index contributed by atoms with van der Waals surface area (Å²) in [6, 6.07) is 3.47. The van der Waals surface area contributed by atoms with Gasteiger partial charge < -0.3 is 14.6 Å². The average molecular weight is 441 g/mol. The SMILES string of the molecule is C=CCOC(=O)Nc1cc(C(C)(C)C(C(=O)O)N(C)C(=O)OC(C)(C)C)ccc1Cl. The summed E-state index contributed by atoms with van der Waals surface area (Å²) < 4.78 is 10.2. The summed E-state index contributed by atoms with van der Waals surface area (Å²) in [5.41, 5.74) is -1.06. The van der Waals surface area contributed by atoms with Crippen LogP contribution >= 0.6 is 11.6 Å². The Morgan fingerprint density at radius 1 is 1.27 bits per heavy atom. The van der Waals surface area contributed by atoms with E-state index >= 15 is 0 Å². The number of anilines is 1. The van der Waals surface area contributed by atoms with E-state index in [1.807, 2.05) is 0 Å². The van der Waals surface area contributed by atoms with Gasteiger partial charge in [0.2, 0.25) is 0 Å². The van der Waals surface area contributed by atoms with Crippen LogP contribution in [0.15, 0.2) is 30.9 Å². The molecule has 1 rings (SSSR count). The van der Waals surface area contributed by atoms with E-state index in [4.69, 9.17) is 21.1 Å². The van der Waals surface area contributed by atoms with Crippen LogP contribution in [-0.4, -0.2) is 53.5 Å². The van der Waals surface area contributed by atoms with Gasteiger partial charge in [-0.15, -0.1) is 0 Å². The van der Waals surface area contributed by atoms with Crippen molar-refractivity contribution >= 4 is 35.4 Å². The number of hydrogen-bond donors (Lipinski definition) is 2. The van der Waals surface area contributed by atoms with Crippen LogP contribution in [0.2, 0.25) is 5.02 Å². The fraction of sp³-hybridized carbons (Fsp3) is 0.476. The van der Waals surface area contributed by atoms with Crippen molar-refractivity contribution in [1.29, 1.82) is 0 Å². The maximum atomic E-state index is 12.5. The molecule has 1 atom stereocenters. The Morgan fingerprint density at radius 3 is 2.37 bits per heavy atom. The molecular weight excluding hydrogens is 412 g/mol. The third-order valence-corrected chi connectivity index (χ3v) is 4.60. The van der Waals surface area contributed by atoms with Crippen LogP contribution in [0.4, 0.5) is 15.3 Å². The van der Waals surface area contributed by atoms with Crippen LogP contribution < -0.4 is 5.32 Å². The van der Waals surface area contributed by atoms with Crippen molar-refractivity contribution in [3.05, 3.63) is 41.4 Å². The molecule has 1 aromatic carbocycles. The van der Waals surface area contributed by atoms with Crippen LogP contribution in [0.1, 0.15) is 40.2 Å². The van der Waals surface area contributed by atoms with Crippen molar-refractivity contribution < 1.29 is 29.0 Å². The van der Waals surface area contributed by atoms with E-state index in [0.717, 1.165) is 4.90 Å². The number of halogens is 1. The highest BCUT2D eigenvalue weighted by atomic mass is 35.5. The second kappa shape index (κ2) is 9.84. The Bertz CT molecular complexity index is 816. The molecule has 0 saturated carbocycles. The summed E-state index contributed by atoms with van der Waals surface area (Å²) in [5.74, 6) is -1.21. The van der Waals surface area contributed by atoms with E-state index in [0.29, 0.717) is 5.56 Å². The molecular formula is C21H29ClN2O6. The smallest absolute Gasteiger partial charge is 0.411 e. The highest BCUT2D eigenvalue weighted by molar-refractivity contribution is 6.33. The molecule has 2 amide bonds. The Morgan fingerprint density at radius 2 is 1.87 bits per heavy atom. The lowest BCUT2D eigenvalue weighted by molar-refractivity contribution is -0.145. The molecule has 0 spiro atoms. The molecule has 0 heterocycles. The molecule has 1 unspecified atom stereocenters. The molecule has 8 nitrogen and oxygen atoms in total. The van der Waals surface area contributed by atoms with Gasteiger partial charge in [-0.3, -0.25) is 10.2 Å². The maximum absolute atomic E-state index is 12.5. The molecule has 0 aromatic heterocycles. The molecule has 30 heavy (non-hydrogen) atoms. The number of benzene rings is 1. The molecule has 0 aliphatic rings. The zero-order chi connectivity index (χ0) is 23.3. The Balaban J connectivity index is 3.26. The summed E-state index contributed by atoms with van der Waals surface area (Å²) in [6.45, 7) is 11.9. The number of amides is 2. The second-order valence-electron chi connectivity index (χ2n) is 8.26. The standard InChI is InChI=1S/C21H29ClN2O6/c1-8-11-29-18(27)23-15-12-13(9-10-14(15)22)21(5,6)16(17(25)26)24(7)19(28)30-20(2,3)4/h8-10,12,16H,1,11H2,2-7H3,(H,23,27)(H,25,26). The summed E-state index contributed by atoms with van der Waals surface area (Å²) in [6.07, 6.45) is -0.0688. The van der Waals surface area contributed by atoms with Gasteiger partial charge in [-0.2, -0.15) is 0 Å². The fourth-order valence-corrected chi connectivity index (χ4v) is 3.02. The number of ether oxygens (including phenoxy) is 2. The number of nitrogens with one attached hydrogen (secondary N) is 1.